The Balaban J connectivity index is 1.59. The van der Waals surface area contributed by atoms with Crippen LogP contribution in [0.25, 0.3) is 10.8 Å². The third-order valence-corrected chi connectivity index (χ3v) is 4.92. The minimum Gasteiger partial charge on any atom is -0.488 e. The number of nitrogens with zero attached hydrogens (tertiary/aromatic N) is 3. The number of hydrogen-bond acceptors (Lipinski definition) is 5. The topological polar surface area (TPSA) is 70.3 Å². The van der Waals surface area contributed by atoms with Crippen molar-refractivity contribution in [1.29, 1.82) is 5.26 Å². The second kappa shape index (κ2) is 9.40. The van der Waals surface area contributed by atoms with Crippen molar-refractivity contribution in [2.24, 2.45) is 5.10 Å². The number of halogens is 3. The normalized spacial score (nSPS) is 11.5. The molecule has 33 heavy (non-hydrogen) atoms. The fourth-order valence-corrected chi connectivity index (χ4v) is 3.24. The van der Waals surface area contributed by atoms with Crippen LogP contribution in [0, 0.1) is 11.3 Å². The molecular weight excluding hydrogens is 429 g/mol. The van der Waals surface area contributed by atoms with Gasteiger partial charge in [0.2, 0.25) is 0 Å². The Hall–Kier alpha value is -4.38. The summed E-state index contributed by atoms with van der Waals surface area (Å²) in [7, 11) is 0. The third-order valence-electron chi connectivity index (χ3n) is 4.92. The molecule has 0 unspecified atom stereocenters. The van der Waals surface area contributed by atoms with Gasteiger partial charge in [-0.1, -0.05) is 48.5 Å². The lowest BCUT2D eigenvalue weighted by Crippen LogP contribution is -2.06. The Kier molecular flexibility index (Phi) is 6.22. The molecule has 1 heterocycles. The van der Waals surface area contributed by atoms with Crippen LogP contribution in [0.2, 0.25) is 0 Å². The third kappa shape index (κ3) is 5.10. The summed E-state index contributed by atoms with van der Waals surface area (Å²) < 4.78 is 44.1. The summed E-state index contributed by atoms with van der Waals surface area (Å²) in [5, 5.41) is 15.3. The number of rotatable bonds is 6. The molecule has 0 spiro atoms. The zero-order valence-electron chi connectivity index (χ0n) is 17.2. The molecule has 4 aromatic rings. The predicted octanol–water partition coefficient (Wildman–Crippen LogP) is 6.15. The lowest BCUT2D eigenvalue weighted by molar-refractivity contribution is -0.137. The molecule has 0 bridgehead atoms. The van der Waals surface area contributed by atoms with E-state index in [2.05, 4.69) is 21.6 Å². The summed E-state index contributed by atoms with van der Waals surface area (Å²) >= 11 is 0. The molecule has 0 fully saturated rings. The van der Waals surface area contributed by atoms with Crippen molar-refractivity contribution in [1.82, 2.24) is 4.98 Å². The van der Waals surface area contributed by atoms with Crippen LogP contribution in [0.15, 0.2) is 84.1 Å². The number of nitrogens with one attached hydrogen (secondary N) is 1. The van der Waals surface area contributed by atoms with Gasteiger partial charge >= 0.3 is 6.18 Å². The molecular formula is C25H17F3N4O. The van der Waals surface area contributed by atoms with E-state index in [0.29, 0.717) is 16.9 Å². The lowest BCUT2D eigenvalue weighted by atomic mass is 10.0. The fourth-order valence-electron chi connectivity index (χ4n) is 3.24. The van der Waals surface area contributed by atoms with Crippen LogP contribution in [0.3, 0.4) is 0 Å². The van der Waals surface area contributed by atoms with Gasteiger partial charge in [0.25, 0.3) is 0 Å². The van der Waals surface area contributed by atoms with Gasteiger partial charge in [0.05, 0.1) is 23.4 Å². The molecule has 0 aliphatic rings. The minimum atomic E-state index is -4.45. The molecule has 0 atom stereocenters. The maximum Gasteiger partial charge on any atom is 0.417 e. The van der Waals surface area contributed by atoms with E-state index in [1.807, 2.05) is 48.5 Å². The molecule has 0 aliphatic heterocycles. The summed E-state index contributed by atoms with van der Waals surface area (Å²) in [4.78, 5) is 3.75. The van der Waals surface area contributed by atoms with E-state index in [1.54, 1.807) is 12.1 Å². The molecule has 0 amide bonds. The summed E-state index contributed by atoms with van der Waals surface area (Å²) in [6.07, 6.45) is -2.17. The molecule has 4 rings (SSSR count). The van der Waals surface area contributed by atoms with Crippen LogP contribution >= 0.6 is 0 Å². The van der Waals surface area contributed by atoms with Gasteiger partial charge in [0, 0.05) is 17.3 Å². The lowest BCUT2D eigenvalue weighted by Gasteiger charge is -2.12. The van der Waals surface area contributed by atoms with Crippen LogP contribution in [-0.4, -0.2) is 11.2 Å². The van der Waals surface area contributed by atoms with E-state index in [0.717, 1.165) is 28.6 Å². The maximum atomic E-state index is 12.7. The Morgan fingerprint density at radius 1 is 1.00 bits per heavy atom. The Bertz CT molecular complexity index is 1340. The van der Waals surface area contributed by atoms with Crippen molar-refractivity contribution >= 4 is 22.8 Å². The van der Waals surface area contributed by atoms with E-state index in [4.69, 9.17) is 4.74 Å². The molecule has 164 valence electrons. The second-order valence-corrected chi connectivity index (χ2v) is 7.06. The Morgan fingerprint density at radius 3 is 2.55 bits per heavy atom. The zero-order chi connectivity index (χ0) is 23.3. The van der Waals surface area contributed by atoms with E-state index in [-0.39, 0.29) is 12.4 Å². The quantitative estimate of drug-likeness (QED) is 0.285. The minimum absolute atomic E-state index is 0.171. The summed E-state index contributed by atoms with van der Waals surface area (Å²) in [6, 6.07) is 22.9. The monoisotopic (exact) mass is 446 g/mol. The van der Waals surface area contributed by atoms with Gasteiger partial charge in [0.1, 0.15) is 18.2 Å². The van der Waals surface area contributed by atoms with Crippen molar-refractivity contribution in [3.8, 4) is 11.8 Å². The molecule has 0 saturated carbocycles. The zero-order valence-corrected chi connectivity index (χ0v) is 17.2. The second-order valence-electron chi connectivity index (χ2n) is 7.06. The van der Waals surface area contributed by atoms with Gasteiger partial charge in [-0.05, 0) is 35.0 Å². The average Bonchev–Trinajstić information content (AvgIpc) is 2.83. The van der Waals surface area contributed by atoms with Crippen molar-refractivity contribution in [3.05, 3.63) is 101 Å². The highest BCUT2D eigenvalue weighted by molar-refractivity contribution is 6.02. The van der Waals surface area contributed by atoms with Crippen molar-refractivity contribution in [2.75, 3.05) is 5.43 Å². The largest absolute Gasteiger partial charge is 0.488 e. The van der Waals surface area contributed by atoms with Crippen LogP contribution in [0.1, 0.15) is 22.3 Å². The number of aromatic nitrogens is 1. The Labute approximate surface area is 187 Å². The van der Waals surface area contributed by atoms with E-state index in [9.17, 15) is 18.4 Å². The van der Waals surface area contributed by atoms with E-state index >= 15 is 0 Å². The van der Waals surface area contributed by atoms with Crippen LogP contribution in [0.5, 0.6) is 5.75 Å². The van der Waals surface area contributed by atoms with Crippen molar-refractivity contribution < 1.29 is 17.9 Å². The molecule has 1 N–H and O–H groups in total. The van der Waals surface area contributed by atoms with Crippen LogP contribution in [-0.2, 0) is 12.8 Å². The highest BCUT2D eigenvalue weighted by Crippen LogP contribution is 2.29. The number of hydrazone groups is 1. The first-order chi connectivity index (χ1) is 16.0. The molecule has 0 radical (unpaired) electrons. The molecule has 3 aromatic carbocycles. The van der Waals surface area contributed by atoms with Crippen LogP contribution < -0.4 is 10.2 Å². The summed E-state index contributed by atoms with van der Waals surface area (Å²) in [5.74, 6) is 0.720. The number of pyridine rings is 1. The van der Waals surface area contributed by atoms with E-state index in [1.165, 1.54) is 12.3 Å². The van der Waals surface area contributed by atoms with Gasteiger partial charge in [-0.2, -0.15) is 23.5 Å². The molecule has 0 saturated heterocycles. The number of hydrogen-bond donors (Lipinski definition) is 1. The van der Waals surface area contributed by atoms with Crippen molar-refractivity contribution in [3.63, 3.8) is 0 Å². The highest BCUT2D eigenvalue weighted by atomic mass is 19.4. The smallest absolute Gasteiger partial charge is 0.417 e. The van der Waals surface area contributed by atoms with Crippen molar-refractivity contribution in [2.45, 2.75) is 12.8 Å². The number of fused-ring (bicyclic) bond motifs is 1. The number of anilines is 1. The van der Waals surface area contributed by atoms with Gasteiger partial charge < -0.3 is 4.74 Å². The first-order valence-electron chi connectivity index (χ1n) is 9.90. The van der Waals surface area contributed by atoms with Gasteiger partial charge in [0.15, 0.2) is 0 Å². The Morgan fingerprint density at radius 2 is 1.79 bits per heavy atom. The average molecular weight is 446 g/mol. The number of alkyl halides is 3. The number of benzene rings is 3. The summed E-state index contributed by atoms with van der Waals surface area (Å²) in [5.41, 5.74) is 3.78. The molecule has 1 aromatic heterocycles. The SMILES string of the molecule is N#Cc1ccccc1COc1ccc2ccccc2c1/C=N\Nc1ccc(C(F)(F)F)cn1. The predicted molar refractivity (Wildman–Crippen MR) is 120 cm³/mol. The van der Waals surface area contributed by atoms with Gasteiger partial charge in [-0.3, -0.25) is 5.43 Å². The molecule has 5 nitrogen and oxygen atoms in total. The molecule has 8 heteroatoms. The standard InChI is InChI=1S/C25H17F3N4O/c26-25(27,28)20-10-12-24(30-14-20)32-31-15-22-21-8-4-3-5-17(21)9-11-23(22)33-16-19-7-2-1-6-18(19)13-29/h1-12,14-15H,16H2,(H,30,32)/b31-15-. The number of ether oxygens (including phenoxy) is 1. The first kappa shape index (κ1) is 21.8. The molecule has 0 aliphatic carbocycles. The maximum absolute atomic E-state index is 12.7. The fraction of sp³-hybridized carbons (Fsp3) is 0.0800. The van der Waals surface area contributed by atoms with E-state index < -0.39 is 11.7 Å². The first-order valence-corrected chi connectivity index (χ1v) is 9.90. The summed E-state index contributed by atoms with van der Waals surface area (Å²) in [6.45, 7) is 0.191. The highest BCUT2D eigenvalue weighted by Gasteiger charge is 2.30. The van der Waals surface area contributed by atoms with Gasteiger partial charge in [-0.15, -0.1) is 0 Å². The number of nitriles is 1. The van der Waals surface area contributed by atoms with Crippen LogP contribution in [0.4, 0.5) is 19.0 Å². The van der Waals surface area contributed by atoms with Gasteiger partial charge in [-0.25, -0.2) is 4.98 Å².